The minimum absolute atomic E-state index is 0.140. The molecular weight excluding hydrogens is 282 g/mol. The summed E-state index contributed by atoms with van der Waals surface area (Å²) in [7, 11) is -2.30. The standard InChI is InChI=1S/C13H19NO5S/c1-4-9(2)8-14(3)20(18,19)10-5-6-12(15)11(7-10)13(16)17/h5-7,9,15H,4,8H2,1-3H3,(H,16,17). The number of hydrogen-bond donors (Lipinski definition) is 2. The second-order valence-electron chi connectivity index (χ2n) is 4.78. The van der Waals surface area contributed by atoms with Crippen LogP contribution in [0.15, 0.2) is 23.1 Å². The molecule has 0 aliphatic rings. The fourth-order valence-electron chi connectivity index (χ4n) is 1.69. The number of aromatic carboxylic acids is 1. The van der Waals surface area contributed by atoms with Gasteiger partial charge in [0.05, 0.1) is 4.90 Å². The third kappa shape index (κ3) is 3.49. The Morgan fingerprint density at radius 1 is 1.40 bits per heavy atom. The Balaban J connectivity index is 3.16. The number of carboxylic acid groups (broad SMARTS) is 1. The van der Waals surface area contributed by atoms with Crippen LogP contribution < -0.4 is 0 Å². The van der Waals surface area contributed by atoms with Gasteiger partial charge in [0.15, 0.2) is 0 Å². The van der Waals surface area contributed by atoms with Gasteiger partial charge in [-0.25, -0.2) is 17.5 Å². The molecule has 0 aliphatic carbocycles. The lowest BCUT2D eigenvalue weighted by Crippen LogP contribution is -2.31. The third-order valence-electron chi connectivity index (χ3n) is 3.17. The summed E-state index contributed by atoms with van der Waals surface area (Å²) in [5.41, 5.74) is -0.428. The van der Waals surface area contributed by atoms with Crippen molar-refractivity contribution in [1.29, 1.82) is 0 Å². The van der Waals surface area contributed by atoms with Crippen LogP contribution in [0.4, 0.5) is 0 Å². The van der Waals surface area contributed by atoms with E-state index in [2.05, 4.69) is 0 Å². The van der Waals surface area contributed by atoms with E-state index in [1.165, 1.54) is 17.4 Å². The van der Waals surface area contributed by atoms with Gasteiger partial charge in [0, 0.05) is 13.6 Å². The van der Waals surface area contributed by atoms with Gasteiger partial charge < -0.3 is 10.2 Å². The molecule has 1 aromatic carbocycles. The van der Waals surface area contributed by atoms with Crippen molar-refractivity contribution in [1.82, 2.24) is 4.31 Å². The number of carboxylic acids is 1. The molecule has 20 heavy (non-hydrogen) atoms. The van der Waals surface area contributed by atoms with Crippen molar-refractivity contribution in [2.45, 2.75) is 25.2 Å². The van der Waals surface area contributed by atoms with Gasteiger partial charge in [-0.05, 0) is 24.1 Å². The van der Waals surface area contributed by atoms with Crippen LogP contribution in [0.1, 0.15) is 30.6 Å². The minimum Gasteiger partial charge on any atom is -0.507 e. The van der Waals surface area contributed by atoms with Crippen LogP contribution in [0.3, 0.4) is 0 Å². The predicted octanol–water partition coefficient (Wildman–Crippen LogP) is 1.76. The normalized spacial score (nSPS) is 13.4. The van der Waals surface area contributed by atoms with Gasteiger partial charge in [-0.1, -0.05) is 20.3 Å². The summed E-state index contributed by atoms with van der Waals surface area (Å²) in [6.07, 6.45) is 0.843. The van der Waals surface area contributed by atoms with E-state index in [0.29, 0.717) is 6.54 Å². The van der Waals surface area contributed by atoms with Gasteiger partial charge in [-0.3, -0.25) is 0 Å². The summed E-state index contributed by atoms with van der Waals surface area (Å²) in [4.78, 5) is 10.8. The average molecular weight is 301 g/mol. The molecule has 0 saturated carbocycles. The van der Waals surface area contributed by atoms with E-state index in [1.807, 2.05) is 13.8 Å². The number of hydrogen-bond acceptors (Lipinski definition) is 4. The molecular formula is C13H19NO5S. The molecule has 1 atom stereocenters. The lowest BCUT2D eigenvalue weighted by Gasteiger charge is -2.20. The van der Waals surface area contributed by atoms with Gasteiger partial charge >= 0.3 is 5.97 Å². The van der Waals surface area contributed by atoms with Crippen molar-refractivity contribution >= 4 is 16.0 Å². The Morgan fingerprint density at radius 2 is 2.00 bits per heavy atom. The van der Waals surface area contributed by atoms with E-state index in [4.69, 9.17) is 5.11 Å². The number of carbonyl (C=O) groups is 1. The third-order valence-corrected chi connectivity index (χ3v) is 4.99. The molecule has 112 valence electrons. The van der Waals surface area contributed by atoms with E-state index in [9.17, 15) is 18.3 Å². The Hall–Kier alpha value is -1.60. The van der Waals surface area contributed by atoms with Crippen molar-refractivity contribution in [3.8, 4) is 5.75 Å². The molecule has 0 heterocycles. The lowest BCUT2D eigenvalue weighted by atomic mass is 10.1. The number of sulfonamides is 1. The summed E-state index contributed by atoms with van der Waals surface area (Å²) < 4.78 is 25.8. The summed E-state index contributed by atoms with van der Waals surface area (Å²) in [5.74, 6) is -1.63. The van der Waals surface area contributed by atoms with Crippen molar-refractivity contribution in [3.05, 3.63) is 23.8 Å². The minimum atomic E-state index is -3.76. The van der Waals surface area contributed by atoms with Crippen LogP contribution in [-0.4, -0.2) is 42.5 Å². The van der Waals surface area contributed by atoms with E-state index in [1.54, 1.807) is 0 Å². The predicted molar refractivity (Wildman–Crippen MR) is 74.3 cm³/mol. The second-order valence-corrected chi connectivity index (χ2v) is 6.83. The molecule has 1 rings (SSSR count). The molecule has 0 aliphatic heterocycles. The molecule has 0 amide bonds. The molecule has 2 N–H and O–H groups in total. The smallest absolute Gasteiger partial charge is 0.339 e. The van der Waals surface area contributed by atoms with Crippen LogP contribution in [0.2, 0.25) is 0 Å². The van der Waals surface area contributed by atoms with Gasteiger partial charge in [-0.2, -0.15) is 0 Å². The molecule has 7 heteroatoms. The first-order valence-corrected chi connectivity index (χ1v) is 7.66. The first-order chi connectivity index (χ1) is 9.20. The summed E-state index contributed by atoms with van der Waals surface area (Å²) in [6, 6.07) is 3.25. The van der Waals surface area contributed by atoms with Crippen LogP contribution >= 0.6 is 0 Å². The topological polar surface area (TPSA) is 94.9 Å². The van der Waals surface area contributed by atoms with Gasteiger partial charge in [0.1, 0.15) is 11.3 Å². The maximum absolute atomic E-state index is 12.3. The monoisotopic (exact) mass is 301 g/mol. The summed E-state index contributed by atoms with van der Waals surface area (Å²) >= 11 is 0. The highest BCUT2D eigenvalue weighted by molar-refractivity contribution is 7.89. The van der Waals surface area contributed by atoms with Gasteiger partial charge in [-0.15, -0.1) is 0 Å². The zero-order valence-electron chi connectivity index (χ0n) is 11.7. The number of phenols is 1. The Labute approximate surface area is 118 Å². The maximum atomic E-state index is 12.3. The zero-order valence-corrected chi connectivity index (χ0v) is 12.5. The number of aromatic hydroxyl groups is 1. The Kier molecular flexibility index (Phi) is 5.13. The van der Waals surface area contributed by atoms with Crippen molar-refractivity contribution < 1.29 is 23.4 Å². The van der Waals surface area contributed by atoms with E-state index < -0.39 is 27.3 Å². The molecule has 0 bridgehead atoms. The van der Waals surface area contributed by atoms with Crippen LogP contribution in [0, 0.1) is 5.92 Å². The highest BCUT2D eigenvalue weighted by Gasteiger charge is 2.24. The number of nitrogens with zero attached hydrogens (tertiary/aromatic N) is 1. The van der Waals surface area contributed by atoms with Crippen molar-refractivity contribution in [2.75, 3.05) is 13.6 Å². The molecule has 1 aromatic rings. The molecule has 0 fully saturated rings. The largest absolute Gasteiger partial charge is 0.507 e. The highest BCUT2D eigenvalue weighted by Crippen LogP contribution is 2.23. The number of rotatable bonds is 6. The number of benzene rings is 1. The van der Waals surface area contributed by atoms with Crippen LogP contribution in [0.5, 0.6) is 5.75 Å². The first-order valence-electron chi connectivity index (χ1n) is 6.22. The van der Waals surface area contributed by atoms with Crippen molar-refractivity contribution in [3.63, 3.8) is 0 Å². The Morgan fingerprint density at radius 3 is 2.50 bits per heavy atom. The highest BCUT2D eigenvalue weighted by atomic mass is 32.2. The van der Waals surface area contributed by atoms with Gasteiger partial charge in [0.25, 0.3) is 0 Å². The van der Waals surface area contributed by atoms with E-state index in [-0.39, 0.29) is 10.8 Å². The van der Waals surface area contributed by atoms with E-state index >= 15 is 0 Å². The quantitative estimate of drug-likeness (QED) is 0.834. The SMILES string of the molecule is CCC(C)CN(C)S(=O)(=O)c1ccc(O)c(C(=O)O)c1. The molecule has 6 nitrogen and oxygen atoms in total. The zero-order chi connectivity index (χ0) is 15.5. The molecule has 0 saturated heterocycles. The molecule has 0 spiro atoms. The Bertz CT molecular complexity index is 597. The molecule has 1 unspecified atom stereocenters. The van der Waals surface area contributed by atoms with Crippen LogP contribution in [-0.2, 0) is 10.0 Å². The maximum Gasteiger partial charge on any atom is 0.339 e. The second kappa shape index (κ2) is 6.23. The summed E-state index contributed by atoms with van der Waals surface area (Å²) in [6.45, 7) is 4.25. The summed E-state index contributed by atoms with van der Waals surface area (Å²) in [5, 5.41) is 18.3. The van der Waals surface area contributed by atoms with Crippen molar-refractivity contribution in [2.24, 2.45) is 5.92 Å². The lowest BCUT2D eigenvalue weighted by molar-refractivity contribution is 0.0693. The fraction of sp³-hybridized carbons (Fsp3) is 0.462. The van der Waals surface area contributed by atoms with Gasteiger partial charge in [0.2, 0.25) is 10.0 Å². The first kappa shape index (κ1) is 16.5. The van der Waals surface area contributed by atoms with Crippen LogP contribution in [0.25, 0.3) is 0 Å². The molecule has 0 aromatic heterocycles. The average Bonchev–Trinajstić information content (AvgIpc) is 2.38. The fourth-order valence-corrected chi connectivity index (χ4v) is 3.01. The molecule has 0 radical (unpaired) electrons. The van der Waals surface area contributed by atoms with E-state index in [0.717, 1.165) is 18.6 Å².